The molecule has 0 spiro atoms. The minimum absolute atomic E-state index is 0.259. The van der Waals surface area contributed by atoms with Crippen LogP contribution in [-0.2, 0) is 0 Å². The summed E-state index contributed by atoms with van der Waals surface area (Å²) in [4.78, 5) is 13.1. The van der Waals surface area contributed by atoms with Gasteiger partial charge in [-0.2, -0.15) is 0 Å². The highest BCUT2D eigenvalue weighted by Gasteiger charge is 2.18. The van der Waals surface area contributed by atoms with E-state index < -0.39 is 0 Å². The monoisotopic (exact) mass is 457 g/mol. The summed E-state index contributed by atoms with van der Waals surface area (Å²) in [6, 6.07) is 16.1. The van der Waals surface area contributed by atoms with Crippen molar-refractivity contribution in [2.45, 2.75) is 11.3 Å². The van der Waals surface area contributed by atoms with Crippen LogP contribution in [-0.4, -0.2) is 21.9 Å². The van der Waals surface area contributed by atoms with Crippen molar-refractivity contribution >= 4 is 73.2 Å². The summed E-state index contributed by atoms with van der Waals surface area (Å²) >= 11 is 10.7. The zero-order valence-corrected chi connectivity index (χ0v) is 18.6. The molecule has 4 rings (SSSR count). The Morgan fingerprint density at radius 1 is 1.17 bits per heavy atom. The van der Waals surface area contributed by atoms with Gasteiger partial charge in [-0.1, -0.05) is 89.3 Å². The Morgan fingerprint density at radius 3 is 2.83 bits per heavy atom. The maximum absolute atomic E-state index is 12.7. The highest BCUT2D eigenvalue weighted by Crippen LogP contribution is 2.36. The maximum Gasteiger partial charge on any atom is 0.269 e. The Balaban J connectivity index is 1.38. The first-order chi connectivity index (χ1) is 14.1. The van der Waals surface area contributed by atoms with Gasteiger partial charge in [-0.3, -0.25) is 10.1 Å². The number of aryl methyl sites for hydroxylation is 1. The lowest BCUT2D eigenvalue weighted by Gasteiger charge is -1.98. The lowest BCUT2D eigenvalue weighted by Crippen LogP contribution is -2.10. The number of thiophene rings is 1. The van der Waals surface area contributed by atoms with Gasteiger partial charge in [-0.05, 0) is 24.1 Å². The van der Waals surface area contributed by atoms with E-state index in [1.54, 1.807) is 11.8 Å². The normalized spacial score (nSPS) is 11.4. The van der Waals surface area contributed by atoms with Crippen LogP contribution >= 0.6 is 46.0 Å². The first-order valence-corrected chi connectivity index (χ1v) is 11.8. The molecule has 146 valence electrons. The lowest BCUT2D eigenvalue weighted by molar-refractivity contribution is 0.103. The topological polar surface area (TPSA) is 54.9 Å². The van der Waals surface area contributed by atoms with Crippen molar-refractivity contribution in [1.29, 1.82) is 0 Å². The number of aromatic nitrogens is 2. The van der Waals surface area contributed by atoms with Crippen LogP contribution in [0.1, 0.15) is 20.8 Å². The molecule has 4 nitrogen and oxygen atoms in total. The van der Waals surface area contributed by atoms with E-state index in [1.807, 2.05) is 43.3 Å². The molecule has 0 saturated carbocycles. The van der Waals surface area contributed by atoms with Crippen molar-refractivity contribution in [2.75, 3.05) is 11.1 Å². The van der Waals surface area contributed by atoms with Crippen LogP contribution in [0.4, 0.5) is 5.13 Å². The van der Waals surface area contributed by atoms with Crippen LogP contribution in [0.2, 0.25) is 5.02 Å². The molecule has 0 aliphatic rings. The fraction of sp³-hybridized carbons (Fsp3) is 0.0952. The van der Waals surface area contributed by atoms with Gasteiger partial charge < -0.3 is 0 Å². The number of anilines is 1. The molecule has 0 bridgehead atoms. The van der Waals surface area contributed by atoms with Crippen molar-refractivity contribution in [1.82, 2.24) is 10.2 Å². The molecule has 0 fully saturated rings. The van der Waals surface area contributed by atoms with E-state index >= 15 is 0 Å². The van der Waals surface area contributed by atoms with Gasteiger partial charge in [0.2, 0.25) is 5.13 Å². The third kappa shape index (κ3) is 4.87. The van der Waals surface area contributed by atoms with E-state index in [0.29, 0.717) is 15.0 Å². The minimum Gasteiger partial charge on any atom is -0.296 e. The van der Waals surface area contributed by atoms with Gasteiger partial charge in [-0.25, -0.2) is 0 Å². The summed E-state index contributed by atoms with van der Waals surface area (Å²) in [7, 11) is 0. The molecule has 8 heteroatoms. The van der Waals surface area contributed by atoms with E-state index in [4.69, 9.17) is 11.6 Å². The summed E-state index contributed by atoms with van der Waals surface area (Å²) in [5, 5.41) is 12.9. The first-order valence-electron chi connectivity index (χ1n) is 8.78. The number of hydrogen-bond donors (Lipinski definition) is 1. The number of amides is 1. The van der Waals surface area contributed by atoms with E-state index in [0.717, 1.165) is 31.3 Å². The van der Waals surface area contributed by atoms with Gasteiger partial charge >= 0.3 is 0 Å². The predicted molar refractivity (Wildman–Crippen MR) is 126 cm³/mol. The molecule has 2 aromatic heterocycles. The number of halogens is 1. The van der Waals surface area contributed by atoms with Gasteiger partial charge in [0, 0.05) is 15.8 Å². The number of benzene rings is 2. The molecular weight excluding hydrogens is 442 g/mol. The number of carbonyl (C=O) groups excluding carboxylic acids is 1. The van der Waals surface area contributed by atoms with Crippen LogP contribution < -0.4 is 5.32 Å². The number of nitrogens with zero attached hydrogens (tertiary/aromatic N) is 2. The molecule has 0 unspecified atom stereocenters. The smallest absolute Gasteiger partial charge is 0.269 e. The zero-order chi connectivity index (χ0) is 20.2. The average molecular weight is 458 g/mol. The summed E-state index contributed by atoms with van der Waals surface area (Å²) in [5.74, 6) is 0.518. The first kappa shape index (κ1) is 20.1. The van der Waals surface area contributed by atoms with E-state index in [1.165, 1.54) is 22.7 Å². The second-order valence-electron chi connectivity index (χ2n) is 6.20. The predicted octanol–water partition coefficient (Wildman–Crippen LogP) is 6.77. The third-order valence-electron chi connectivity index (χ3n) is 4.03. The zero-order valence-electron chi connectivity index (χ0n) is 15.4. The van der Waals surface area contributed by atoms with Gasteiger partial charge in [0.25, 0.3) is 5.91 Å². The average Bonchev–Trinajstić information content (AvgIpc) is 3.30. The number of nitrogens with one attached hydrogen (secondary N) is 1. The molecule has 29 heavy (non-hydrogen) atoms. The minimum atomic E-state index is -0.259. The van der Waals surface area contributed by atoms with Crippen molar-refractivity contribution in [3.8, 4) is 0 Å². The number of carbonyl (C=O) groups is 1. The van der Waals surface area contributed by atoms with E-state index in [2.05, 4.69) is 39.8 Å². The fourth-order valence-electron chi connectivity index (χ4n) is 2.66. The highest BCUT2D eigenvalue weighted by atomic mass is 35.5. The van der Waals surface area contributed by atoms with E-state index in [-0.39, 0.29) is 5.91 Å². The quantitative estimate of drug-likeness (QED) is 0.256. The standard InChI is InChI=1S/C21H16ClN3OS3/c1-13-9-10-15-16(12-13)28-18(17(15)22)19(26)23-20-24-25-21(29-20)27-11-5-8-14-6-3-2-4-7-14/h2-10,12H,11H2,1H3,(H,23,24,26)/b8-5+. The summed E-state index contributed by atoms with van der Waals surface area (Å²) in [6.45, 7) is 2.02. The molecular formula is C21H16ClN3OS3. The Kier molecular flexibility index (Phi) is 6.30. The Morgan fingerprint density at radius 2 is 2.00 bits per heavy atom. The number of thioether (sulfide) groups is 1. The van der Waals surface area contributed by atoms with Crippen molar-refractivity contribution in [2.24, 2.45) is 0 Å². The molecule has 4 aromatic rings. The lowest BCUT2D eigenvalue weighted by atomic mass is 10.2. The SMILES string of the molecule is Cc1ccc2c(Cl)c(C(=O)Nc3nnc(SC/C=C/c4ccccc4)s3)sc2c1. The maximum atomic E-state index is 12.7. The van der Waals surface area contributed by atoms with Crippen LogP contribution in [0.5, 0.6) is 0 Å². The summed E-state index contributed by atoms with van der Waals surface area (Å²) < 4.78 is 1.80. The largest absolute Gasteiger partial charge is 0.296 e. The van der Waals surface area contributed by atoms with E-state index in [9.17, 15) is 4.79 Å². The number of hydrogen-bond acceptors (Lipinski definition) is 6. The summed E-state index contributed by atoms with van der Waals surface area (Å²) in [5.41, 5.74) is 2.29. The molecule has 2 heterocycles. The van der Waals surface area contributed by atoms with Crippen molar-refractivity contribution in [3.63, 3.8) is 0 Å². The van der Waals surface area contributed by atoms with Gasteiger partial charge in [-0.15, -0.1) is 21.5 Å². The Bertz CT molecular complexity index is 1180. The highest BCUT2D eigenvalue weighted by molar-refractivity contribution is 8.01. The van der Waals surface area contributed by atoms with Crippen LogP contribution in [0, 0.1) is 6.92 Å². The molecule has 0 atom stereocenters. The van der Waals surface area contributed by atoms with Crippen molar-refractivity contribution in [3.05, 3.63) is 75.6 Å². The van der Waals surface area contributed by atoms with Crippen LogP contribution in [0.15, 0.2) is 58.9 Å². The van der Waals surface area contributed by atoms with Gasteiger partial charge in [0.15, 0.2) is 4.34 Å². The second-order valence-corrected chi connectivity index (χ2v) is 9.87. The van der Waals surface area contributed by atoms with Crippen LogP contribution in [0.3, 0.4) is 0 Å². The molecule has 1 amide bonds. The second kappa shape index (κ2) is 9.09. The van der Waals surface area contributed by atoms with Gasteiger partial charge in [0.05, 0.1) is 5.02 Å². The molecule has 0 saturated heterocycles. The number of fused-ring (bicyclic) bond motifs is 1. The molecule has 0 aliphatic carbocycles. The molecule has 0 aliphatic heterocycles. The molecule has 1 N–H and O–H groups in total. The summed E-state index contributed by atoms with van der Waals surface area (Å²) in [6.07, 6.45) is 4.15. The van der Waals surface area contributed by atoms with Gasteiger partial charge in [0.1, 0.15) is 4.88 Å². The fourth-order valence-corrected chi connectivity index (χ4v) is 5.75. The molecule has 2 aromatic carbocycles. The van der Waals surface area contributed by atoms with Crippen LogP contribution in [0.25, 0.3) is 16.2 Å². The van der Waals surface area contributed by atoms with Crippen molar-refractivity contribution < 1.29 is 4.79 Å². The number of rotatable bonds is 6. The molecule has 0 radical (unpaired) electrons. The Labute approximate surface area is 185 Å². The Hall–Kier alpha value is -2.19. The third-order valence-corrected chi connectivity index (χ3v) is 7.61.